The van der Waals surface area contributed by atoms with Gasteiger partial charge in [0.1, 0.15) is 5.75 Å². The van der Waals surface area contributed by atoms with E-state index in [0.29, 0.717) is 17.9 Å². The maximum absolute atomic E-state index is 12.4. The molecule has 0 aliphatic rings. The zero-order chi connectivity index (χ0) is 17.6. The molecule has 2 N–H and O–H groups in total. The first-order valence-electron chi connectivity index (χ1n) is 7.17. The number of nitrogens with one attached hydrogen (secondary N) is 2. The summed E-state index contributed by atoms with van der Waals surface area (Å²) in [7, 11) is -0.753. The highest BCUT2D eigenvalue weighted by Gasteiger charge is 2.23. The number of aryl methyl sites for hydroxylation is 1. The summed E-state index contributed by atoms with van der Waals surface area (Å²) in [6.45, 7) is 5.36. The zero-order valence-corrected chi connectivity index (χ0v) is 14.9. The van der Waals surface area contributed by atoms with Crippen molar-refractivity contribution in [1.29, 1.82) is 0 Å². The van der Waals surface area contributed by atoms with Crippen LogP contribution in [0.2, 0.25) is 0 Å². The molecule has 0 fully saturated rings. The Balaban J connectivity index is 2.81. The van der Waals surface area contributed by atoms with Gasteiger partial charge in [0.25, 0.3) is 0 Å². The molecule has 7 nitrogen and oxygen atoms in total. The number of benzene rings is 1. The maximum atomic E-state index is 12.4. The van der Waals surface area contributed by atoms with Crippen molar-refractivity contribution in [2.75, 3.05) is 20.8 Å². The summed E-state index contributed by atoms with van der Waals surface area (Å²) < 4.78 is 37.1. The quantitative estimate of drug-likeness (QED) is 0.728. The first-order chi connectivity index (χ1) is 10.7. The molecule has 0 spiro atoms. The summed E-state index contributed by atoms with van der Waals surface area (Å²) in [5, 5.41) is 2.67. The van der Waals surface area contributed by atoms with Gasteiger partial charge in [-0.05, 0) is 44.5 Å². The van der Waals surface area contributed by atoms with Crippen molar-refractivity contribution in [2.24, 2.45) is 0 Å². The van der Waals surface area contributed by atoms with E-state index in [1.54, 1.807) is 19.9 Å². The second-order valence-electron chi connectivity index (χ2n) is 5.34. The van der Waals surface area contributed by atoms with Crippen LogP contribution in [0.1, 0.15) is 19.4 Å². The number of sulfonamides is 1. The Morgan fingerprint density at radius 3 is 2.43 bits per heavy atom. The van der Waals surface area contributed by atoms with Crippen LogP contribution in [0.4, 0.5) is 0 Å². The third-order valence-corrected chi connectivity index (χ3v) is 4.75. The number of ether oxygens (including phenoxy) is 2. The lowest BCUT2D eigenvalue weighted by Gasteiger charge is -2.18. The third kappa shape index (κ3) is 5.49. The summed E-state index contributed by atoms with van der Waals surface area (Å²) in [6.07, 6.45) is 0. The molecule has 0 aromatic heterocycles. The van der Waals surface area contributed by atoms with E-state index in [1.807, 2.05) is 0 Å². The van der Waals surface area contributed by atoms with Crippen LogP contribution in [0.15, 0.2) is 23.1 Å². The fraction of sp³-hybridized carbons (Fsp3) is 0.533. The Hall–Kier alpha value is -1.64. The summed E-state index contributed by atoms with van der Waals surface area (Å²) >= 11 is 0. The Morgan fingerprint density at radius 2 is 1.91 bits per heavy atom. The number of carbonyl (C=O) groups excluding carboxylic acids is 1. The zero-order valence-electron chi connectivity index (χ0n) is 14.0. The van der Waals surface area contributed by atoms with Crippen LogP contribution < -0.4 is 14.8 Å². The average molecular weight is 344 g/mol. The number of amides is 1. The van der Waals surface area contributed by atoms with Gasteiger partial charge >= 0.3 is 0 Å². The van der Waals surface area contributed by atoms with Crippen molar-refractivity contribution < 1.29 is 22.7 Å². The van der Waals surface area contributed by atoms with Crippen LogP contribution >= 0.6 is 0 Å². The van der Waals surface area contributed by atoms with Gasteiger partial charge in [-0.1, -0.05) is 0 Å². The van der Waals surface area contributed by atoms with Crippen LogP contribution in [-0.4, -0.2) is 47.2 Å². The minimum Gasteiger partial charge on any atom is -0.496 e. The van der Waals surface area contributed by atoms with Gasteiger partial charge < -0.3 is 14.8 Å². The number of hydrogen-bond acceptors (Lipinski definition) is 5. The number of hydrogen-bond donors (Lipinski definition) is 2. The normalized spacial score (nSPS) is 14.1. The summed E-state index contributed by atoms with van der Waals surface area (Å²) in [4.78, 5) is 12.1. The van der Waals surface area contributed by atoms with E-state index < -0.39 is 22.0 Å². The van der Waals surface area contributed by atoms with Crippen LogP contribution in [0.25, 0.3) is 0 Å². The lowest BCUT2D eigenvalue weighted by atomic mass is 10.2. The van der Waals surface area contributed by atoms with Crippen LogP contribution in [0.3, 0.4) is 0 Å². The van der Waals surface area contributed by atoms with Crippen LogP contribution in [0.5, 0.6) is 5.75 Å². The molecule has 2 atom stereocenters. The molecule has 23 heavy (non-hydrogen) atoms. The summed E-state index contributed by atoms with van der Waals surface area (Å²) in [5.41, 5.74) is 0.696. The third-order valence-electron chi connectivity index (χ3n) is 3.21. The summed E-state index contributed by atoms with van der Waals surface area (Å²) in [5.74, 6) is 0.187. The molecule has 1 rings (SSSR count). The minimum absolute atomic E-state index is 0.0837. The van der Waals surface area contributed by atoms with E-state index in [1.165, 1.54) is 33.3 Å². The van der Waals surface area contributed by atoms with Crippen molar-refractivity contribution in [2.45, 2.75) is 37.8 Å². The largest absolute Gasteiger partial charge is 0.496 e. The predicted molar refractivity (Wildman–Crippen MR) is 87.0 cm³/mol. The van der Waals surface area contributed by atoms with Crippen molar-refractivity contribution in [3.63, 3.8) is 0 Å². The van der Waals surface area contributed by atoms with Gasteiger partial charge in [0.2, 0.25) is 15.9 Å². The lowest BCUT2D eigenvalue weighted by Crippen LogP contribution is -2.48. The van der Waals surface area contributed by atoms with E-state index >= 15 is 0 Å². The molecule has 8 heteroatoms. The smallest absolute Gasteiger partial charge is 0.241 e. The van der Waals surface area contributed by atoms with E-state index in [-0.39, 0.29) is 10.9 Å². The SMILES string of the molecule is COC[C@H](C)NC(=O)[C@@H](C)NS(=O)(=O)c1ccc(OC)c(C)c1. The highest BCUT2D eigenvalue weighted by Crippen LogP contribution is 2.21. The van der Waals surface area contributed by atoms with Crippen molar-refractivity contribution in [3.05, 3.63) is 23.8 Å². The van der Waals surface area contributed by atoms with Crippen molar-refractivity contribution >= 4 is 15.9 Å². The van der Waals surface area contributed by atoms with Gasteiger partial charge in [-0.3, -0.25) is 4.79 Å². The van der Waals surface area contributed by atoms with Gasteiger partial charge in [0.05, 0.1) is 24.7 Å². The fourth-order valence-corrected chi connectivity index (χ4v) is 3.32. The highest BCUT2D eigenvalue weighted by atomic mass is 32.2. The molecular weight excluding hydrogens is 320 g/mol. The fourth-order valence-electron chi connectivity index (χ4n) is 2.03. The monoisotopic (exact) mass is 344 g/mol. The molecule has 0 saturated carbocycles. The minimum atomic E-state index is -3.80. The van der Waals surface area contributed by atoms with Gasteiger partial charge in [0.15, 0.2) is 0 Å². The van der Waals surface area contributed by atoms with Gasteiger partial charge in [-0.15, -0.1) is 0 Å². The Kier molecular flexibility index (Phi) is 6.99. The first-order valence-corrected chi connectivity index (χ1v) is 8.66. The van der Waals surface area contributed by atoms with Gasteiger partial charge in [-0.25, -0.2) is 8.42 Å². The molecule has 0 saturated heterocycles. The maximum Gasteiger partial charge on any atom is 0.241 e. The van der Waals surface area contributed by atoms with Gasteiger partial charge in [-0.2, -0.15) is 4.72 Å². The van der Waals surface area contributed by atoms with Gasteiger partial charge in [0, 0.05) is 13.2 Å². The molecule has 1 aromatic rings. The van der Waals surface area contributed by atoms with E-state index in [2.05, 4.69) is 10.0 Å². The number of carbonyl (C=O) groups is 1. The molecule has 1 amide bonds. The lowest BCUT2D eigenvalue weighted by molar-refractivity contribution is -0.123. The standard InChI is InChI=1S/C15H24N2O5S/c1-10-8-13(6-7-14(10)22-5)23(19,20)17-12(3)15(18)16-11(2)9-21-4/h6-8,11-12,17H,9H2,1-5H3,(H,16,18)/t11-,12+/m0/s1. The molecule has 0 bridgehead atoms. The highest BCUT2D eigenvalue weighted by molar-refractivity contribution is 7.89. The molecular formula is C15H24N2O5S. The number of rotatable bonds is 8. The molecule has 0 heterocycles. The average Bonchev–Trinajstić information content (AvgIpc) is 2.46. The number of methoxy groups -OCH3 is 2. The first kappa shape index (κ1) is 19.4. The van der Waals surface area contributed by atoms with Crippen LogP contribution in [-0.2, 0) is 19.6 Å². The molecule has 130 valence electrons. The second kappa shape index (κ2) is 8.28. The molecule has 0 unspecified atom stereocenters. The molecule has 0 radical (unpaired) electrons. The Labute approximate surface area is 137 Å². The van der Waals surface area contributed by atoms with E-state index in [9.17, 15) is 13.2 Å². The predicted octanol–water partition coefficient (Wildman–Crippen LogP) is 0.822. The van der Waals surface area contributed by atoms with E-state index in [0.717, 1.165) is 0 Å². The Morgan fingerprint density at radius 1 is 1.26 bits per heavy atom. The van der Waals surface area contributed by atoms with E-state index in [4.69, 9.17) is 9.47 Å². The second-order valence-corrected chi connectivity index (χ2v) is 7.05. The topological polar surface area (TPSA) is 93.7 Å². The molecule has 0 aliphatic heterocycles. The van der Waals surface area contributed by atoms with Crippen molar-refractivity contribution in [3.8, 4) is 5.75 Å². The molecule has 1 aromatic carbocycles. The van der Waals surface area contributed by atoms with Crippen molar-refractivity contribution in [1.82, 2.24) is 10.0 Å². The molecule has 0 aliphatic carbocycles. The summed E-state index contributed by atoms with van der Waals surface area (Å²) in [6, 6.07) is 3.41. The Bertz CT molecular complexity index is 645. The van der Waals surface area contributed by atoms with Crippen LogP contribution in [0, 0.1) is 6.92 Å².